The van der Waals surface area contributed by atoms with Gasteiger partial charge in [0.15, 0.2) is 11.5 Å². The van der Waals surface area contributed by atoms with E-state index in [1.165, 1.54) is 0 Å². The molecule has 0 bridgehead atoms. The first-order valence-corrected chi connectivity index (χ1v) is 6.15. The van der Waals surface area contributed by atoms with Gasteiger partial charge >= 0.3 is 0 Å². The van der Waals surface area contributed by atoms with Crippen molar-refractivity contribution in [2.24, 2.45) is 0 Å². The molecule has 0 aliphatic carbocycles. The summed E-state index contributed by atoms with van der Waals surface area (Å²) in [4.78, 5) is 11.2. The molecule has 0 unspecified atom stereocenters. The zero-order valence-electron chi connectivity index (χ0n) is 10.8. The molecule has 0 aliphatic heterocycles. The minimum Gasteiger partial charge on any atom is -0.493 e. The van der Waals surface area contributed by atoms with Crippen molar-refractivity contribution < 1.29 is 14.3 Å². The second kappa shape index (κ2) is 6.50. The third kappa shape index (κ3) is 4.45. The van der Waals surface area contributed by atoms with Crippen molar-refractivity contribution in [1.82, 2.24) is 5.32 Å². The summed E-state index contributed by atoms with van der Waals surface area (Å²) in [5, 5.41) is 2.78. The van der Waals surface area contributed by atoms with Gasteiger partial charge in [0.2, 0.25) is 5.91 Å². The maximum absolute atomic E-state index is 11.2. The van der Waals surface area contributed by atoms with Gasteiger partial charge in [-0.3, -0.25) is 4.79 Å². The lowest BCUT2D eigenvalue weighted by atomic mass is 10.1. The molecular formula is C13H18ClNO3. The number of para-hydroxylation sites is 2. The van der Waals surface area contributed by atoms with E-state index in [1.807, 2.05) is 38.1 Å². The van der Waals surface area contributed by atoms with Crippen LogP contribution >= 0.6 is 11.6 Å². The normalized spacial score (nSPS) is 10.9. The first-order valence-electron chi connectivity index (χ1n) is 5.61. The number of nitrogens with one attached hydrogen (secondary N) is 1. The molecule has 0 saturated heterocycles. The van der Waals surface area contributed by atoms with Gasteiger partial charge in [0.05, 0.1) is 12.6 Å². The third-order valence-corrected chi connectivity index (χ3v) is 2.50. The molecule has 4 nitrogen and oxygen atoms in total. The Morgan fingerprint density at radius 3 is 2.50 bits per heavy atom. The molecule has 1 aromatic rings. The number of alkyl halides is 1. The maximum Gasteiger partial charge on any atom is 0.235 e. The second-order valence-electron chi connectivity index (χ2n) is 4.51. The number of benzene rings is 1. The van der Waals surface area contributed by atoms with E-state index in [1.54, 1.807) is 7.11 Å². The van der Waals surface area contributed by atoms with Crippen LogP contribution in [0.15, 0.2) is 24.3 Å². The fourth-order valence-electron chi connectivity index (χ4n) is 1.44. The smallest absolute Gasteiger partial charge is 0.235 e. The van der Waals surface area contributed by atoms with Crippen LogP contribution < -0.4 is 14.8 Å². The van der Waals surface area contributed by atoms with Crippen LogP contribution in [0.25, 0.3) is 0 Å². The molecule has 0 atom stereocenters. The summed E-state index contributed by atoms with van der Waals surface area (Å²) in [5.74, 6) is 1.04. The van der Waals surface area contributed by atoms with E-state index < -0.39 is 5.54 Å². The highest BCUT2D eigenvalue weighted by atomic mass is 35.5. The molecule has 0 radical (unpaired) electrons. The standard InChI is InChI=1S/C13H18ClNO3/c1-13(2,15-12(16)8-14)9-18-11-7-5-4-6-10(11)17-3/h4-7H,8-9H2,1-3H3,(H,15,16). The van der Waals surface area contributed by atoms with Crippen LogP contribution in [-0.2, 0) is 4.79 Å². The Hall–Kier alpha value is -1.42. The number of halogens is 1. The maximum atomic E-state index is 11.2. The van der Waals surface area contributed by atoms with E-state index in [0.29, 0.717) is 18.1 Å². The van der Waals surface area contributed by atoms with Crippen molar-refractivity contribution >= 4 is 17.5 Å². The summed E-state index contributed by atoms with van der Waals surface area (Å²) >= 11 is 5.45. The van der Waals surface area contributed by atoms with Crippen molar-refractivity contribution in [3.05, 3.63) is 24.3 Å². The van der Waals surface area contributed by atoms with Gasteiger partial charge in [-0.1, -0.05) is 12.1 Å². The van der Waals surface area contributed by atoms with E-state index in [0.717, 1.165) is 0 Å². The number of carbonyl (C=O) groups is 1. The Morgan fingerprint density at radius 1 is 1.33 bits per heavy atom. The zero-order valence-corrected chi connectivity index (χ0v) is 11.6. The average Bonchev–Trinajstić information content (AvgIpc) is 2.36. The minimum absolute atomic E-state index is 0.0575. The Bertz CT molecular complexity index is 407. The number of hydrogen-bond donors (Lipinski definition) is 1. The summed E-state index contributed by atoms with van der Waals surface area (Å²) in [6, 6.07) is 7.37. The monoisotopic (exact) mass is 271 g/mol. The molecule has 5 heteroatoms. The van der Waals surface area contributed by atoms with E-state index in [9.17, 15) is 4.79 Å². The Kier molecular flexibility index (Phi) is 5.28. The number of hydrogen-bond acceptors (Lipinski definition) is 3. The van der Waals surface area contributed by atoms with Gasteiger partial charge in [-0.15, -0.1) is 11.6 Å². The largest absolute Gasteiger partial charge is 0.493 e. The highest BCUT2D eigenvalue weighted by Gasteiger charge is 2.21. The van der Waals surface area contributed by atoms with E-state index >= 15 is 0 Å². The molecular weight excluding hydrogens is 254 g/mol. The van der Waals surface area contributed by atoms with E-state index in [-0.39, 0.29) is 11.8 Å². The molecule has 18 heavy (non-hydrogen) atoms. The zero-order chi connectivity index (χ0) is 13.6. The Labute approximate surface area is 112 Å². The van der Waals surface area contributed by atoms with Gasteiger partial charge in [0, 0.05) is 0 Å². The lowest BCUT2D eigenvalue weighted by Gasteiger charge is -2.26. The van der Waals surface area contributed by atoms with Crippen molar-refractivity contribution in [2.45, 2.75) is 19.4 Å². The summed E-state index contributed by atoms with van der Waals surface area (Å²) < 4.78 is 10.8. The number of methoxy groups -OCH3 is 1. The van der Waals surface area contributed by atoms with E-state index in [2.05, 4.69) is 5.32 Å². The molecule has 0 aliphatic rings. The van der Waals surface area contributed by atoms with Crippen LogP contribution in [0, 0.1) is 0 Å². The predicted molar refractivity (Wildman–Crippen MR) is 71.4 cm³/mol. The van der Waals surface area contributed by atoms with Crippen molar-refractivity contribution in [1.29, 1.82) is 0 Å². The van der Waals surface area contributed by atoms with Crippen LogP contribution in [0.1, 0.15) is 13.8 Å². The average molecular weight is 272 g/mol. The molecule has 1 amide bonds. The fraction of sp³-hybridized carbons (Fsp3) is 0.462. The molecule has 1 aromatic carbocycles. The minimum atomic E-state index is -0.493. The highest BCUT2D eigenvalue weighted by molar-refractivity contribution is 6.27. The summed E-state index contributed by atoms with van der Waals surface area (Å²) in [6.45, 7) is 4.07. The van der Waals surface area contributed by atoms with Gasteiger partial charge in [0.25, 0.3) is 0 Å². The lowest BCUT2D eigenvalue weighted by molar-refractivity contribution is -0.120. The molecule has 0 heterocycles. The van der Waals surface area contributed by atoms with Crippen LogP contribution in [-0.4, -0.2) is 31.0 Å². The number of amides is 1. The van der Waals surface area contributed by atoms with Crippen LogP contribution in [0.3, 0.4) is 0 Å². The first-order chi connectivity index (χ1) is 8.48. The van der Waals surface area contributed by atoms with Crippen molar-refractivity contribution in [3.8, 4) is 11.5 Å². The van der Waals surface area contributed by atoms with E-state index in [4.69, 9.17) is 21.1 Å². The Balaban J connectivity index is 2.61. The SMILES string of the molecule is COc1ccccc1OCC(C)(C)NC(=O)CCl. The fourth-order valence-corrected chi connectivity index (χ4v) is 1.51. The van der Waals surface area contributed by atoms with Crippen LogP contribution in [0.2, 0.25) is 0 Å². The number of ether oxygens (including phenoxy) is 2. The van der Waals surface area contributed by atoms with Crippen LogP contribution in [0.5, 0.6) is 11.5 Å². The highest BCUT2D eigenvalue weighted by Crippen LogP contribution is 2.26. The summed E-state index contributed by atoms with van der Waals surface area (Å²) in [5.41, 5.74) is -0.493. The quantitative estimate of drug-likeness (QED) is 0.807. The van der Waals surface area contributed by atoms with Gasteiger partial charge in [0.1, 0.15) is 12.5 Å². The molecule has 0 spiro atoms. The van der Waals surface area contributed by atoms with Crippen molar-refractivity contribution in [2.75, 3.05) is 19.6 Å². The number of carbonyl (C=O) groups excluding carboxylic acids is 1. The molecule has 1 rings (SSSR count). The summed E-state index contributed by atoms with van der Waals surface area (Å²) in [6.07, 6.45) is 0. The van der Waals surface area contributed by atoms with Gasteiger partial charge in [-0.25, -0.2) is 0 Å². The molecule has 100 valence electrons. The van der Waals surface area contributed by atoms with Crippen molar-refractivity contribution in [3.63, 3.8) is 0 Å². The van der Waals surface area contributed by atoms with Crippen LogP contribution in [0.4, 0.5) is 0 Å². The molecule has 0 aromatic heterocycles. The molecule has 0 saturated carbocycles. The third-order valence-electron chi connectivity index (χ3n) is 2.26. The summed E-state index contributed by atoms with van der Waals surface area (Å²) in [7, 11) is 1.59. The first kappa shape index (κ1) is 14.6. The second-order valence-corrected chi connectivity index (χ2v) is 4.77. The predicted octanol–water partition coefficient (Wildman–Crippen LogP) is 2.21. The molecule has 0 fully saturated rings. The molecule has 1 N–H and O–H groups in total. The van der Waals surface area contributed by atoms with Gasteiger partial charge in [-0.05, 0) is 26.0 Å². The lowest BCUT2D eigenvalue weighted by Crippen LogP contribution is -2.48. The van der Waals surface area contributed by atoms with Gasteiger partial charge in [-0.2, -0.15) is 0 Å². The van der Waals surface area contributed by atoms with Gasteiger partial charge < -0.3 is 14.8 Å². The topological polar surface area (TPSA) is 47.6 Å². The number of rotatable bonds is 6. The Morgan fingerprint density at radius 2 is 1.94 bits per heavy atom.